The number of alkyl halides is 3. The van der Waals surface area contributed by atoms with Gasteiger partial charge in [-0.2, -0.15) is 13.2 Å². The van der Waals surface area contributed by atoms with Crippen molar-refractivity contribution < 1.29 is 17.9 Å². The molecule has 2 heterocycles. The highest BCUT2D eigenvalue weighted by molar-refractivity contribution is 5.37. The normalized spacial score (nSPS) is 27.0. The number of benzene rings is 1. The second-order valence-electron chi connectivity index (χ2n) is 5.48. The van der Waals surface area contributed by atoms with Crippen LogP contribution < -0.4 is 0 Å². The molecule has 3 rings (SSSR count). The van der Waals surface area contributed by atoms with Crippen molar-refractivity contribution in [1.29, 1.82) is 0 Å². The van der Waals surface area contributed by atoms with E-state index >= 15 is 0 Å². The summed E-state index contributed by atoms with van der Waals surface area (Å²) in [6, 6.07) is 4.20. The zero-order chi connectivity index (χ0) is 14.3. The summed E-state index contributed by atoms with van der Waals surface area (Å²) in [5.74, 6) is 0. The lowest BCUT2D eigenvalue weighted by molar-refractivity contribution is -0.137. The van der Waals surface area contributed by atoms with E-state index in [9.17, 15) is 13.2 Å². The lowest BCUT2D eigenvalue weighted by Gasteiger charge is -2.44. The van der Waals surface area contributed by atoms with Crippen LogP contribution in [0, 0.1) is 0 Å². The van der Waals surface area contributed by atoms with Crippen LogP contribution >= 0.6 is 0 Å². The third kappa shape index (κ3) is 2.33. The third-order valence-electron chi connectivity index (χ3n) is 4.33. The Balaban J connectivity index is 1.99. The first kappa shape index (κ1) is 13.9. The Labute approximate surface area is 116 Å². The fourth-order valence-electron chi connectivity index (χ4n) is 3.35. The van der Waals surface area contributed by atoms with Crippen molar-refractivity contribution in [1.82, 2.24) is 4.90 Å². The second-order valence-corrected chi connectivity index (χ2v) is 5.48. The number of nitrogens with zero attached hydrogens (tertiary/aromatic N) is 1. The number of likely N-dealkylation sites (N-methyl/N-ethyl adjacent to an activating group) is 1. The molecule has 5 heteroatoms. The summed E-state index contributed by atoms with van der Waals surface area (Å²) in [4.78, 5) is 2.30. The van der Waals surface area contributed by atoms with E-state index in [2.05, 4.69) is 11.8 Å². The Hall–Kier alpha value is -1.07. The maximum Gasteiger partial charge on any atom is 0.416 e. The van der Waals surface area contributed by atoms with Gasteiger partial charge in [0, 0.05) is 0 Å². The summed E-state index contributed by atoms with van der Waals surface area (Å²) in [5.41, 5.74) is 1.11. The van der Waals surface area contributed by atoms with E-state index in [-0.39, 0.29) is 18.8 Å². The van der Waals surface area contributed by atoms with Crippen molar-refractivity contribution in [3.05, 3.63) is 34.9 Å². The molecule has 2 aliphatic heterocycles. The van der Waals surface area contributed by atoms with E-state index in [1.54, 1.807) is 6.07 Å². The highest BCUT2D eigenvalue weighted by atomic mass is 19.4. The summed E-state index contributed by atoms with van der Waals surface area (Å²) in [5, 5.41) is 0. The maximum atomic E-state index is 12.8. The molecule has 1 saturated heterocycles. The molecule has 0 aliphatic carbocycles. The largest absolute Gasteiger partial charge is 0.416 e. The molecule has 0 saturated carbocycles. The van der Waals surface area contributed by atoms with Gasteiger partial charge in [-0.15, -0.1) is 0 Å². The van der Waals surface area contributed by atoms with Gasteiger partial charge in [0.05, 0.1) is 24.3 Å². The van der Waals surface area contributed by atoms with Crippen LogP contribution in [-0.4, -0.2) is 24.1 Å². The van der Waals surface area contributed by atoms with Gasteiger partial charge in [-0.05, 0) is 49.2 Å². The molecule has 1 fully saturated rings. The molecule has 20 heavy (non-hydrogen) atoms. The van der Waals surface area contributed by atoms with Crippen LogP contribution in [0.15, 0.2) is 18.2 Å². The highest BCUT2D eigenvalue weighted by Crippen LogP contribution is 2.41. The van der Waals surface area contributed by atoms with Gasteiger partial charge in [0.2, 0.25) is 0 Å². The zero-order valence-corrected chi connectivity index (χ0v) is 11.4. The predicted octanol–water partition coefficient (Wildman–Crippen LogP) is 3.76. The molecule has 2 atom stereocenters. The van der Waals surface area contributed by atoms with Crippen LogP contribution in [0.4, 0.5) is 13.2 Å². The topological polar surface area (TPSA) is 12.5 Å². The molecular weight excluding hydrogens is 267 g/mol. The molecule has 2 unspecified atom stereocenters. The van der Waals surface area contributed by atoms with Crippen molar-refractivity contribution in [2.45, 2.75) is 44.7 Å². The predicted molar refractivity (Wildman–Crippen MR) is 69.2 cm³/mol. The van der Waals surface area contributed by atoms with E-state index in [1.807, 2.05) is 0 Å². The molecule has 0 N–H and O–H groups in total. The molecule has 0 bridgehead atoms. The minimum atomic E-state index is -4.29. The number of hydrogen-bond donors (Lipinski definition) is 0. The van der Waals surface area contributed by atoms with Crippen LogP contribution in [0.25, 0.3) is 0 Å². The summed E-state index contributed by atoms with van der Waals surface area (Å²) < 4.78 is 44.1. The molecule has 0 amide bonds. The van der Waals surface area contributed by atoms with Gasteiger partial charge in [0.1, 0.15) is 0 Å². The molecular formula is C15H18F3NO. The molecule has 0 aromatic heterocycles. The second kappa shape index (κ2) is 5.04. The highest BCUT2D eigenvalue weighted by Gasteiger charge is 2.38. The van der Waals surface area contributed by atoms with Crippen LogP contribution in [0.5, 0.6) is 0 Å². The van der Waals surface area contributed by atoms with Crippen molar-refractivity contribution in [2.75, 3.05) is 13.1 Å². The fourth-order valence-corrected chi connectivity index (χ4v) is 3.35. The van der Waals surface area contributed by atoms with Crippen molar-refractivity contribution in [2.24, 2.45) is 0 Å². The number of hydrogen-bond acceptors (Lipinski definition) is 2. The van der Waals surface area contributed by atoms with Crippen molar-refractivity contribution >= 4 is 0 Å². The first-order chi connectivity index (χ1) is 9.50. The number of rotatable bonds is 1. The lowest BCUT2D eigenvalue weighted by Crippen LogP contribution is -2.45. The lowest BCUT2D eigenvalue weighted by atomic mass is 9.86. The maximum absolute atomic E-state index is 12.8. The summed E-state index contributed by atoms with van der Waals surface area (Å²) in [6.07, 6.45) is -2.09. The van der Waals surface area contributed by atoms with Gasteiger partial charge < -0.3 is 4.74 Å². The Morgan fingerprint density at radius 2 is 2.15 bits per heavy atom. The van der Waals surface area contributed by atoms with E-state index in [1.165, 1.54) is 12.1 Å². The number of piperidine rings is 1. The van der Waals surface area contributed by atoms with E-state index in [0.29, 0.717) is 5.56 Å². The van der Waals surface area contributed by atoms with E-state index in [4.69, 9.17) is 4.74 Å². The Morgan fingerprint density at radius 3 is 2.85 bits per heavy atom. The summed E-state index contributed by atoms with van der Waals surface area (Å²) in [7, 11) is 0. The summed E-state index contributed by atoms with van der Waals surface area (Å²) in [6.45, 7) is 4.26. The van der Waals surface area contributed by atoms with Gasteiger partial charge in [-0.3, -0.25) is 4.90 Å². The molecule has 0 spiro atoms. The molecule has 110 valence electrons. The first-order valence-corrected chi connectivity index (χ1v) is 7.06. The Kier molecular flexibility index (Phi) is 3.50. The van der Waals surface area contributed by atoms with Gasteiger partial charge in [-0.1, -0.05) is 13.0 Å². The van der Waals surface area contributed by atoms with Crippen LogP contribution in [0.3, 0.4) is 0 Å². The standard InChI is InChI=1S/C15H18F3NO/c1-2-19-7-3-4-13-14(19)12-6-5-11(15(16,17)18)8-10(12)9-20-13/h5-6,8,13-14H,2-4,7,9H2,1H3. The van der Waals surface area contributed by atoms with Crippen LogP contribution in [0.2, 0.25) is 0 Å². The average molecular weight is 285 g/mol. The van der Waals surface area contributed by atoms with E-state index < -0.39 is 11.7 Å². The fraction of sp³-hybridized carbons (Fsp3) is 0.600. The molecule has 2 nitrogen and oxygen atoms in total. The van der Waals surface area contributed by atoms with Gasteiger partial charge >= 0.3 is 6.18 Å². The van der Waals surface area contributed by atoms with Crippen LogP contribution in [0.1, 0.15) is 42.5 Å². The minimum absolute atomic E-state index is 0.111. The number of likely N-dealkylation sites (tertiary alicyclic amines) is 1. The Bertz CT molecular complexity index is 500. The smallest absolute Gasteiger partial charge is 0.372 e. The van der Waals surface area contributed by atoms with Crippen molar-refractivity contribution in [3.63, 3.8) is 0 Å². The average Bonchev–Trinajstić information content (AvgIpc) is 2.44. The number of halogens is 3. The Morgan fingerprint density at radius 1 is 1.35 bits per heavy atom. The third-order valence-corrected chi connectivity index (χ3v) is 4.33. The summed E-state index contributed by atoms with van der Waals surface area (Å²) >= 11 is 0. The van der Waals surface area contributed by atoms with Gasteiger partial charge in [-0.25, -0.2) is 0 Å². The minimum Gasteiger partial charge on any atom is -0.372 e. The molecule has 2 aliphatic rings. The molecule has 1 aromatic rings. The first-order valence-electron chi connectivity index (χ1n) is 7.06. The monoisotopic (exact) mass is 285 g/mol. The van der Waals surface area contributed by atoms with Crippen molar-refractivity contribution in [3.8, 4) is 0 Å². The number of fused-ring (bicyclic) bond motifs is 3. The SMILES string of the molecule is CCN1CCCC2OCc3cc(C(F)(F)F)ccc3C21. The van der Waals surface area contributed by atoms with E-state index in [0.717, 1.165) is 31.5 Å². The molecule has 0 radical (unpaired) electrons. The van der Waals surface area contributed by atoms with Gasteiger partial charge in [0.15, 0.2) is 0 Å². The quantitative estimate of drug-likeness (QED) is 0.779. The molecule has 1 aromatic carbocycles. The van der Waals surface area contributed by atoms with Crippen LogP contribution in [-0.2, 0) is 17.5 Å². The number of ether oxygens (including phenoxy) is 1. The van der Waals surface area contributed by atoms with Gasteiger partial charge in [0.25, 0.3) is 0 Å². The zero-order valence-electron chi connectivity index (χ0n) is 11.4.